The number of carbonyl (C=O) groups is 2. The minimum absolute atomic E-state index is 0.0285. The monoisotopic (exact) mass is 343 g/mol. The summed E-state index contributed by atoms with van der Waals surface area (Å²) in [7, 11) is 0. The molecule has 2 rings (SSSR count). The molecule has 2 N–H and O–H groups in total. The predicted molar refractivity (Wildman–Crippen MR) is 95.5 cm³/mol. The number of hydrogen-bond donors (Lipinski definition) is 2. The first-order valence-electron chi connectivity index (χ1n) is 8.33. The van der Waals surface area contributed by atoms with Gasteiger partial charge < -0.3 is 10.4 Å². The molecular weight excluding hydrogens is 318 g/mol. The van der Waals surface area contributed by atoms with Crippen molar-refractivity contribution in [1.82, 2.24) is 15.1 Å². The van der Waals surface area contributed by atoms with Crippen molar-refractivity contribution in [1.29, 1.82) is 0 Å². The molecule has 0 saturated carbocycles. The maximum absolute atomic E-state index is 12.3. The molecule has 0 aliphatic carbocycles. The average Bonchev–Trinajstić information content (AvgIpc) is 3.01. The molecule has 0 aliphatic heterocycles. The molecule has 6 nitrogen and oxygen atoms in total. The third-order valence-electron chi connectivity index (χ3n) is 4.05. The van der Waals surface area contributed by atoms with Crippen LogP contribution in [0.4, 0.5) is 0 Å². The van der Waals surface area contributed by atoms with Crippen molar-refractivity contribution in [3.63, 3.8) is 0 Å². The summed E-state index contributed by atoms with van der Waals surface area (Å²) >= 11 is 0. The number of aromatic nitrogens is 2. The lowest BCUT2D eigenvalue weighted by Crippen LogP contribution is -2.27. The van der Waals surface area contributed by atoms with Crippen LogP contribution in [0.15, 0.2) is 36.5 Å². The van der Waals surface area contributed by atoms with E-state index >= 15 is 0 Å². The molecule has 0 fully saturated rings. The highest BCUT2D eigenvalue weighted by molar-refractivity contribution is 5.92. The fourth-order valence-corrected chi connectivity index (χ4v) is 2.44. The molecule has 0 bridgehead atoms. The standard InChI is InChI=1S/C19H25N3O3/c1-13(14-5-7-15(8-6-14)19(2,3)4)20-18(25)16-9-11-22(21-16)12-10-17(23)24/h5-9,11,13H,10,12H2,1-4H3,(H,20,25)(H,23,24). The topological polar surface area (TPSA) is 84.2 Å². The zero-order valence-corrected chi connectivity index (χ0v) is 15.1. The van der Waals surface area contributed by atoms with Crippen molar-refractivity contribution in [3.05, 3.63) is 53.3 Å². The van der Waals surface area contributed by atoms with Gasteiger partial charge >= 0.3 is 5.97 Å². The van der Waals surface area contributed by atoms with Crippen molar-refractivity contribution >= 4 is 11.9 Å². The lowest BCUT2D eigenvalue weighted by molar-refractivity contribution is -0.137. The lowest BCUT2D eigenvalue weighted by atomic mass is 9.86. The Hall–Kier alpha value is -2.63. The van der Waals surface area contributed by atoms with Gasteiger partial charge in [0.05, 0.1) is 19.0 Å². The number of carbonyl (C=O) groups excluding carboxylic acids is 1. The third-order valence-corrected chi connectivity index (χ3v) is 4.05. The summed E-state index contributed by atoms with van der Waals surface area (Å²) in [6.45, 7) is 8.65. The van der Waals surface area contributed by atoms with Gasteiger partial charge in [-0.2, -0.15) is 5.10 Å². The number of nitrogens with one attached hydrogen (secondary N) is 1. The molecule has 1 unspecified atom stereocenters. The van der Waals surface area contributed by atoms with Crippen LogP contribution in [0.2, 0.25) is 0 Å². The van der Waals surface area contributed by atoms with Crippen LogP contribution in [0.25, 0.3) is 0 Å². The molecule has 6 heteroatoms. The van der Waals surface area contributed by atoms with Gasteiger partial charge in [-0.15, -0.1) is 0 Å². The number of rotatable bonds is 6. The molecule has 1 atom stereocenters. The Morgan fingerprint density at radius 3 is 2.40 bits per heavy atom. The second-order valence-corrected chi connectivity index (χ2v) is 7.17. The van der Waals surface area contributed by atoms with Crippen molar-refractivity contribution < 1.29 is 14.7 Å². The van der Waals surface area contributed by atoms with Gasteiger partial charge in [0.2, 0.25) is 0 Å². The molecule has 0 spiro atoms. The minimum atomic E-state index is -0.895. The number of hydrogen-bond acceptors (Lipinski definition) is 3. The first-order valence-corrected chi connectivity index (χ1v) is 8.33. The van der Waals surface area contributed by atoms with E-state index in [0.717, 1.165) is 5.56 Å². The molecule has 0 radical (unpaired) electrons. The van der Waals surface area contributed by atoms with Gasteiger partial charge in [-0.25, -0.2) is 0 Å². The third kappa shape index (κ3) is 5.17. The Labute approximate surface area is 147 Å². The van der Waals surface area contributed by atoms with Gasteiger partial charge in [-0.3, -0.25) is 14.3 Å². The fourth-order valence-electron chi connectivity index (χ4n) is 2.44. The highest BCUT2D eigenvalue weighted by Gasteiger charge is 2.16. The number of carboxylic acid groups (broad SMARTS) is 1. The van der Waals surface area contributed by atoms with Crippen molar-refractivity contribution in [2.75, 3.05) is 0 Å². The molecule has 1 heterocycles. The van der Waals surface area contributed by atoms with E-state index < -0.39 is 5.97 Å². The number of carboxylic acids is 1. The van der Waals surface area contributed by atoms with E-state index in [1.807, 2.05) is 19.1 Å². The summed E-state index contributed by atoms with van der Waals surface area (Å²) in [5, 5.41) is 15.7. The SMILES string of the molecule is CC(NC(=O)c1ccn(CCC(=O)O)n1)c1ccc(C(C)(C)C)cc1. The van der Waals surface area contributed by atoms with Gasteiger partial charge in [0, 0.05) is 6.20 Å². The molecule has 134 valence electrons. The summed E-state index contributed by atoms with van der Waals surface area (Å²) in [6.07, 6.45) is 1.58. The second-order valence-electron chi connectivity index (χ2n) is 7.17. The second kappa shape index (κ2) is 7.51. The minimum Gasteiger partial charge on any atom is -0.481 e. The van der Waals surface area contributed by atoms with Crippen LogP contribution < -0.4 is 5.32 Å². The van der Waals surface area contributed by atoms with Crippen molar-refractivity contribution in [2.24, 2.45) is 0 Å². The predicted octanol–water partition coefficient (Wildman–Crippen LogP) is 3.15. The van der Waals surface area contributed by atoms with Gasteiger partial charge in [0.25, 0.3) is 5.91 Å². The van der Waals surface area contributed by atoms with E-state index in [4.69, 9.17) is 5.11 Å². The zero-order chi connectivity index (χ0) is 18.6. The molecule has 0 aliphatic rings. The van der Waals surface area contributed by atoms with Crippen LogP contribution in [-0.4, -0.2) is 26.8 Å². The molecule has 25 heavy (non-hydrogen) atoms. The quantitative estimate of drug-likeness (QED) is 0.844. The van der Waals surface area contributed by atoms with E-state index in [0.29, 0.717) is 0 Å². The van der Waals surface area contributed by atoms with E-state index in [9.17, 15) is 9.59 Å². The Morgan fingerprint density at radius 1 is 1.20 bits per heavy atom. The van der Waals surface area contributed by atoms with E-state index in [1.165, 1.54) is 10.2 Å². The molecule has 1 amide bonds. The summed E-state index contributed by atoms with van der Waals surface area (Å²) in [5.74, 6) is -1.17. The maximum Gasteiger partial charge on any atom is 0.305 e. The number of aliphatic carboxylic acids is 1. The highest BCUT2D eigenvalue weighted by Crippen LogP contribution is 2.24. The van der Waals surface area contributed by atoms with E-state index in [2.05, 4.69) is 43.3 Å². The number of amides is 1. The van der Waals surface area contributed by atoms with Gasteiger partial charge in [0.1, 0.15) is 5.69 Å². The fraction of sp³-hybridized carbons (Fsp3) is 0.421. The summed E-state index contributed by atoms with van der Waals surface area (Å²) in [4.78, 5) is 22.9. The van der Waals surface area contributed by atoms with Crippen LogP contribution >= 0.6 is 0 Å². The molecule has 1 aromatic heterocycles. The Kier molecular flexibility index (Phi) is 5.62. The Morgan fingerprint density at radius 2 is 1.84 bits per heavy atom. The van der Waals surface area contributed by atoms with E-state index in [1.54, 1.807) is 12.3 Å². The van der Waals surface area contributed by atoms with Crippen LogP contribution in [-0.2, 0) is 16.8 Å². The molecule has 0 saturated heterocycles. The maximum atomic E-state index is 12.3. The average molecular weight is 343 g/mol. The smallest absolute Gasteiger partial charge is 0.305 e. The first kappa shape index (κ1) is 18.7. The molecular formula is C19H25N3O3. The Balaban J connectivity index is 1.99. The number of nitrogens with zero attached hydrogens (tertiary/aromatic N) is 2. The van der Waals surface area contributed by atoms with Crippen molar-refractivity contribution in [3.8, 4) is 0 Å². The highest BCUT2D eigenvalue weighted by atomic mass is 16.4. The summed E-state index contributed by atoms with van der Waals surface area (Å²) in [5.41, 5.74) is 2.63. The Bertz CT molecular complexity index is 742. The number of aryl methyl sites for hydroxylation is 1. The van der Waals surface area contributed by atoms with Gasteiger partial charge in [0.15, 0.2) is 0 Å². The lowest BCUT2D eigenvalue weighted by Gasteiger charge is -2.20. The van der Waals surface area contributed by atoms with Crippen LogP contribution in [0.1, 0.15) is 61.8 Å². The van der Waals surface area contributed by atoms with Crippen LogP contribution in [0.3, 0.4) is 0 Å². The van der Waals surface area contributed by atoms with Crippen LogP contribution in [0.5, 0.6) is 0 Å². The van der Waals surface area contributed by atoms with Crippen molar-refractivity contribution in [2.45, 2.75) is 52.1 Å². The summed E-state index contributed by atoms with van der Waals surface area (Å²) in [6, 6.07) is 9.66. The van der Waals surface area contributed by atoms with Gasteiger partial charge in [-0.1, -0.05) is 45.0 Å². The van der Waals surface area contributed by atoms with E-state index in [-0.39, 0.29) is 36.0 Å². The summed E-state index contributed by atoms with van der Waals surface area (Å²) < 4.78 is 1.46. The first-order chi connectivity index (χ1) is 11.7. The van der Waals surface area contributed by atoms with Crippen LogP contribution in [0, 0.1) is 0 Å². The largest absolute Gasteiger partial charge is 0.481 e. The molecule has 1 aromatic carbocycles. The zero-order valence-electron chi connectivity index (χ0n) is 15.1. The molecule has 2 aromatic rings. The van der Waals surface area contributed by atoms with Gasteiger partial charge in [-0.05, 0) is 29.5 Å². The number of benzene rings is 1. The normalized spacial score (nSPS) is 12.6.